The minimum atomic E-state index is -0.143. The first kappa shape index (κ1) is 32.2. The lowest BCUT2D eigenvalue weighted by Crippen LogP contribution is -2.47. The third-order valence-corrected chi connectivity index (χ3v) is 8.88. The van der Waals surface area contributed by atoms with Gasteiger partial charge in [-0.15, -0.1) is 0 Å². The number of nitrogens with zero attached hydrogens (tertiary/aromatic N) is 1. The second-order valence-corrected chi connectivity index (χ2v) is 13.4. The van der Waals surface area contributed by atoms with Gasteiger partial charge in [0.15, 0.2) is 12.6 Å². The fourth-order valence-corrected chi connectivity index (χ4v) is 6.63. The van der Waals surface area contributed by atoms with Gasteiger partial charge in [-0.1, -0.05) is 65.3 Å². The van der Waals surface area contributed by atoms with Gasteiger partial charge < -0.3 is 23.8 Å². The Hall–Kier alpha value is -1.73. The lowest BCUT2D eigenvalue weighted by molar-refractivity contribution is -0.163. The van der Waals surface area contributed by atoms with Crippen LogP contribution >= 0.6 is 0 Å². The van der Waals surface area contributed by atoms with Crippen molar-refractivity contribution in [2.45, 2.75) is 130 Å². The second-order valence-electron chi connectivity index (χ2n) is 13.4. The molecular weight excluding hydrogens is 514 g/mol. The lowest BCUT2D eigenvalue weighted by atomic mass is 9.74. The first-order valence-corrected chi connectivity index (χ1v) is 16.3. The number of amides is 1. The molecule has 4 rings (SSSR count). The van der Waals surface area contributed by atoms with Crippen molar-refractivity contribution < 1.29 is 23.7 Å². The van der Waals surface area contributed by atoms with Crippen LogP contribution in [0, 0.1) is 5.41 Å². The van der Waals surface area contributed by atoms with Crippen LogP contribution in [0.3, 0.4) is 0 Å². The quantitative estimate of drug-likeness (QED) is 0.224. The lowest BCUT2D eigenvalue weighted by Gasteiger charge is -2.43. The van der Waals surface area contributed by atoms with Gasteiger partial charge in [-0.25, -0.2) is 0 Å². The molecule has 41 heavy (non-hydrogen) atoms. The summed E-state index contributed by atoms with van der Waals surface area (Å²) >= 11 is 0. The van der Waals surface area contributed by atoms with Crippen LogP contribution in [0.4, 0.5) is 5.69 Å². The van der Waals surface area contributed by atoms with Crippen LogP contribution in [-0.4, -0.2) is 51.5 Å². The van der Waals surface area contributed by atoms with E-state index < -0.39 is 0 Å². The maximum atomic E-state index is 14.5. The fraction of sp³-hybridized carbons (Fsp3) is 0.743. The number of para-hydroxylation sites is 1. The molecule has 6 nitrogen and oxygen atoms in total. The van der Waals surface area contributed by atoms with Gasteiger partial charge >= 0.3 is 0 Å². The number of rotatable bonds is 13. The average Bonchev–Trinajstić information content (AvgIpc) is 2.96. The van der Waals surface area contributed by atoms with E-state index in [1.165, 1.54) is 23.1 Å². The van der Waals surface area contributed by atoms with Gasteiger partial charge in [-0.2, -0.15) is 0 Å². The minimum Gasteiger partial charge on any atom is -0.353 e. The minimum absolute atomic E-state index is 0.0742. The van der Waals surface area contributed by atoms with E-state index in [1.54, 1.807) is 0 Å². The summed E-state index contributed by atoms with van der Waals surface area (Å²) in [5.41, 5.74) is 5.74. The molecule has 2 atom stereocenters. The van der Waals surface area contributed by atoms with E-state index in [0.29, 0.717) is 38.0 Å². The van der Waals surface area contributed by atoms with E-state index in [2.05, 4.69) is 64.6 Å². The van der Waals surface area contributed by atoms with E-state index in [-0.39, 0.29) is 23.9 Å². The number of carbonyl (C=O) groups is 1. The number of ether oxygens (including phenoxy) is 4. The zero-order chi connectivity index (χ0) is 29.4. The molecule has 0 spiro atoms. The number of hydrogen-bond donors (Lipinski definition) is 0. The highest BCUT2D eigenvalue weighted by atomic mass is 16.7. The number of benzene rings is 1. The van der Waals surface area contributed by atoms with Gasteiger partial charge in [0.25, 0.3) is 5.91 Å². The average molecular weight is 570 g/mol. The van der Waals surface area contributed by atoms with Crippen LogP contribution in [0.2, 0.25) is 0 Å². The molecule has 1 aromatic rings. The third-order valence-electron chi connectivity index (χ3n) is 8.88. The van der Waals surface area contributed by atoms with Gasteiger partial charge in [0.05, 0.1) is 18.9 Å². The Morgan fingerprint density at radius 2 is 1.39 bits per heavy atom. The van der Waals surface area contributed by atoms with Crippen molar-refractivity contribution in [3.8, 4) is 0 Å². The summed E-state index contributed by atoms with van der Waals surface area (Å²) in [6.45, 7) is 17.1. The highest BCUT2D eigenvalue weighted by Gasteiger charge is 2.40. The molecule has 0 aromatic heterocycles. The van der Waals surface area contributed by atoms with E-state index in [0.717, 1.165) is 75.8 Å². The topological polar surface area (TPSA) is 57.2 Å². The molecule has 3 heterocycles. The SMILES string of the molecule is CC(C)c1cccc(C(C)C)c1N1CC(C)(C)C(CCCOC2CCCCO2)=C(CCCOC2CCCCO2)C1=O. The Kier molecular flexibility index (Phi) is 11.9. The van der Waals surface area contributed by atoms with Gasteiger partial charge in [-0.3, -0.25) is 4.79 Å². The monoisotopic (exact) mass is 569 g/mol. The molecule has 2 unspecified atom stereocenters. The molecule has 2 fully saturated rings. The first-order chi connectivity index (χ1) is 19.7. The van der Waals surface area contributed by atoms with Crippen LogP contribution in [0.1, 0.15) is 129 Å². The molecule has 0 N–H and O–H groups in total. The fourth-order valence-electron chi connectivity index (χ4n) is 6.63. The van der Waals surface area contributed by atoms with Crippen molar-refractivity contribution in [3.05, 3.63) is 40.5 Å². The van der Waals surface area contributed by atoms with E-state index in [9.17, 15) is 4.79 Å². The Morgan fingerprint density at radius 1 is 0.854 bits per heavy atom. The van der Waals surface area contributed by atoms with Crippen molar-refractivity contribution in [2.75, 3.05) is 37.9 Å². The van der Waals surface area contributed by atoms with Crippen molar-refractivity contribution in [1.29, 1.82) is 0 Å². The smallest absolute Gasteiger partial charge is 0.254 e. The second kappa shape index (κ2) is 15.1. The summed E-state index contributed by atoms with van der Waals surface area (Å²) in [6.07, 6.45) is 9.61. The van der Waals surface area contributed by atoms with Gasteiger partial charge in [0.2, 0.25) is 0 Å². The summed E-state index contributed by atoms with van der Waals surface area (Å²) in [6, 6.07) is 6.55. The Labute approximate surface area is 249 Å². The van der Waals surface area contributed by atoms with E-state index >= 15 is 0 Å². The normalized spacial score (nSPS) is 23.6. The molecule has 6 heteroatoms. The number of hydrogen-bond acceptors (Lipinski definition) is 5. The molecule has 3 aliphatic rings. The zero-order valence-electron chi connectivity index (χ0n) is 26.6. The Bertz CT molecular complexity index is 991. The summed E-state index contributed by atoms with van der Waals surface area (Å²) in [5.74, 6) is 0.827. The highest BCUT2D eigenvalue weighted by Crippen LogP contribution is 2.44. The van der Waals surface area contributed by atoms with Gasteiger partial charge in [-0.05, 0) is 87.2 Å². The Morgan fingerprint density at radius 3 is 1.88 bits per heavy atom. The van der Waals surface area contributed by atoms with Crippen molar-refractivity contribution in [2.24, 2.45) is 5.41 Å². The molecule has 2 saturated heterocycles. The maximum absolute atomic E-state index is 14.5. The van der Waals surface area contributed by atoms with Gasteiger partial charge in [0, 0.05) is 30.7 Å². The van der Waals surface area contributed by atoms with E-state index in [1.807, 2.05) is 0 Å². The zero-order valence-corrected chi connectivity index (χ0v) is 26.6. The number of carbonyl (C=O) groups excluding carboxylic acids is 1. The van der Waals surface area contributed by atoms with Gasteiger partial charge in [0.1, 0.15) is 0 Å². The molecule has 0 radical (unpaired) electrons. The van der Waals surface area contributed by atoms with Crippen LogP contribution in [0.15, 0.2) is 29.3 Å². The predicted molar refractivity (Wildman–Crippen MR) is 165 cm³/mol. The van der Waals surface area contributed by atoms with Crippen molar-refractivity contribution in [1.82, 2.24) is 0 Å². The van der Waals surface area contributed by atoms with Crippen LogP contribution in [0.5, 0.6) is 0 Å². The van der Waals surface area contributed by atoms with Crippen LogP contribution in [-0.2, 0) is 23.7 Å². The highest BCUT2D eigenvalue weighted by molar-refractivity contribution is 6.08. The molecule has 0 saturated carbocycles. The molecule has 3 aliphatic heterocycles. The summed E-state index contributed by atoms with van der Waals surface area (Å²) in [4.78, 5) is 16.6. The summed E-state index contributed by atoms with van der Waals surface area (Å²) in [7, 11) is 0. The van der Waals surface area contributed by atoms with Crippen LogP contribution < -0.4 is 4.90 Å². The first-order valence-electron chi connectivity index (χ1n) is 16.3. The molecule has 0 bridgehead atoms. The van der Waals surface area contributed by atoms with Crippen molar-refractivity contribution in [3.63, 3.8) is 0 Å². The Balaban J connectivity index is 1.56. The molecule has 230 valence electrons. The maximum Gasteiger partial charge on any atom is 0.254 e. The molecule has 0 aliphatic carbocycles. The van der Waals surface area contributed by atoms with Crippen LogP contribution in [0.25, 0.3) is 0 Å². The summed E-state index contributed by atoms with van der Waals surface area (Å²) < 4.78 is 23.7. The summed E-state index contributed by atoms with van der Waals surface area (Å²) in [5, 5.41) is 0. The molecular formula is C35H55NO5. The largest absolute Gasteiger partial charge is 0.353 e. The molecule has 1 amide bonds. The standard InChI is InChI=1S/C35H55NO5/c1-25(2)27-14-11-15-28(26(3)4)33(27)36-24-35(5,6)30(17-13-23-41-32-19-8-10-21-39-32)29(34(36)37)16-12-22-40-31-18-7-9-20-38-31/h11,14-15,25-26,31-32H,7-10,12-13,16-24H2,1-6H3. The molecule has 1 aromatic carbocycles. The third kappa shape index (κ3) is 8.43. The predicted octanol–water partition coefficient (Wildman–Crippen LogP) is 8.25. The van der Waals surface area contributed by atoms with E-state index in [4.69, 9.17) is 18.9 Å². The number of anilines is 1. The van der Waals surface area contributed by atoms with Crippen molar-refractivity contribution >= 4 is 11.6 Å².